The number of likely N-dealkylation sites (N-methyl/N-ethyl adjacent to an activating group) is 1. The number of pyridine rings is 1. The zero-order valence-corrected chi connectivity index (χ0v) is 10.2. The first-order valence-corrected chi connectivity index (χ1v) is 5.64. The lowest BCUT2D eigenvalue weighted by atomic mass is 9.98. The molecule has 1 rings (SSSR count). The highest BCUT2D eigenvalue weighted by Gasteiger charge is 2.22. The fourth-order valence-corrected chi connectivity index (χ4v) is 1.92. The van der Waals surface area contributed by atoms with Crippen LogP contribution in [0.5, 0.6) is 0 Å². The molecule has 4 nitrogen and oxygen atoms in total. The van der Waals surface area contributed by atoms with E-state index in [1.165, 1.54) is 0 Å². The van der Waals surface area contributed by atoms with Gasteiger partial charge in [-0.25, -0.2) is 0 Å². The van der Waals surface area contributed by atoms with Gasteiger partial charge in [-0.05, 0) is 19.5 Å². The Balaban J connectivity index is 2.92. The number of hydrogen-bond donors (Lipinski definition) is 2. The maximum absolute atomic E-state index is 5.95. The molecular formula is C12H21N3O. The van der Waals surface area contributed by atoms with Gasteiger partial charge < -0.3 is 15.8 Å². The van der Waals surface area contributed by atoms with Crippen LogP contribution in [0, 0.1) is 0 Å². The van der Waals surface area contributed by atoms with Gasteiger partial charge in [0.25, 0.3) is 0 Å². The molecule has 16 heavy (non-hydrogen) atoms. The van der Waals surface area contributed by atoms with Crippen LogP contribution in [0.1, 0.15) is 31.4 Å². The van der Waals surface area contributed by atoms with Gasteiger partial charge in [0, 0.05) is 30.8 Å². The summed E-state index contributed by atoms with van der Waals surface area (Å²) in [4.78, 5) is 4.12. The van der Waals surface area contributed by atoms with Gasteiger partial charge in [-0.2, -0.15) is 0 Å². The molecule has 0 aliphatic heterocycles. The predicted octanol–water partition coefficient (Wildman–Crippen LogP) is 1.74. The van der Waals surface area contributed by atoms with Crippen LogP contribution >= 0.6 is 0 Å². The summed E-state index contributed by atoms with van der Waals surface area (Å²) < 4.78 is 5.51. The first kappa shape index (κ1) is 12.9. The van der Waals surface area contributed by atoms with Crippen LogP contribution in [0.2, 0.25) is 0 Å². The second-order valence-electron chi connectivity index (χ2n) is 3.83. The summed E-state index contributed by atoms with van der Waals surface area (Å²) in [6.07, 6.45) is 5.71. The van der Waals surface area contributed by atoms with E-state index >= 15 is 0 Å². The van der Waals surface area contributed by atoms with E-state index in [9.17, 15) is 0 Å². The van der Waals surface area contributed by atoms with Crippen molar-refractivity contribution in [2.45, 2.75) is 31.9 Å². The number of anilines is 1. The van der Waals surface area contributed by atoms with Gasteiger partial charge in [-0.15, -0.1) is 0 Å². The SMILES string of the molecule is CCCC(OC)C(NC)c1cnccc1N. The minimum atomic E-state index is 0.0960. The maximum atomic E-state index is 5.95. The topological polar surface area (TPSA) is 60.2 Å². The minimum absolute atomic E-state index is 0.0960. The Labute approximate surface area is 97.2 Å². The van der Waals surface area contributed by atoms with Crippen molar-refractivity contribution in [3.05, 3.63) is 24.0 Å². The molecule has 0 saturated heterocycles. The summed E-state index contributed by atoms with van der Waals surface area (Å²) in [6.45, 7) is 2.14. The quantitative estimate of drug-likeness (QED) is 0.771. The van der Waals surface area contributed by atoms with E-state index in [4.69, 9.17) is 10.5 Å². The van der Waals surface area contributed by atoms with Crippen molar-refractivity contribution in [3.63, 3.8) is 0 Å². The average molecular weight is 223 g/mol. The lowest BCUT2D eigenvalue weighted by Gasteiger charge is -2.26. The molecule has 1 aromatic heterocycles. The Morgan fingerprint density at radius 2 is 2.31 bits per heavy atom. The number of nitrogen functional groups attached to an aromatic ring is 1. The molecule has 3 N–H and O–H groups in total. The lowest BCUT2D eigenvalue weighted by Crippen LogP contribution is -2.31. The van der Waals surface area contributed by atoms with E-state index in [0.717, 1.165) is 24.1 Å². The molecule has 2 unspecified atom stereocenters. The summed E-state index contributed by atoms with van der Waals surface area (Å²) in [5, 5.41) is 3.25. The smallest absolute Gasteiger partial charge is 0.0767 e. The van der Waals surface area contributed by atoms with Crippen molar-refractivity contribution in [2.24, 2.45) is 0 Å². The molecule has 1 aromatic rings. The molecule has 0 aromatic carbocycles. The second-order valence-corrected chi connectivity index (χ2v) is 3.83. The van der Waals surface area contributed by atoms with E-state index in [1.54, 1.807) is 19.5 Å². The van der Waals surface area contributed by atoms with Crippen LogP contribution in [0.15, 0.2) is 18.5 Å². The van der Waals surface area contributed by atoms with Gasteiger partial charge >= 0.3 is 0 Å². The summed E-state index contributed by atoms with van der Waals surface area (Å²) in [6, 6.07) is 1.91. The molecule has 0 spiro atoms. The number of aromatic nitrogens is 1. The molecule has 0 fully saturated rings. The third-order valence-electron chi connectivity index (χ3n) is 2.78. The number of rotatable bonds is 6. The molecule has 0 amide bonds. The highest BCUT2D eigenvalue weighted by Crippen LogP contribution is 2.25. The molecule has 0 aliphatic rings. The fourth-order valence-electron chi connectivity index (χ4n) is 1.92. The Morgan fingerprint density at radius 1 is 1.56 bits per heavy atom. The summed E-state index contributed by atoms with van der Waals surface area (Å²) >= 11 is 0. The van der Waals surface area contributed by atoms with Crippen molar-refractivity contribution in [1.29, 1.82) is 0 Å². The molecule has 0 radical (unpaired) electrons. The molecule has 90 valence electrons. The number of hydrogen-bond acceptors (Lipinski definition) is 4. The van der Waals surface area contributed by atoms with Crippen molar-refractivity contribution in [2.75, 3.05) is 19.9 Å². The molecule has 4 heteroatoms. The lowest BCUT2D eigenvalue weighted by molar-refractivity contribution is 0.0631. The molecule has 0 saturated carbocycles. The molecule has 2 atom stereocenters. The minimum Gasteiger partial charge on any atom is -0.398 e. The largest absolute Gasteiger partial charge is 0.398 e. The summed E-state index contributed by atoms with van der Waals surface area (Å²) in [5.74, 6) is 0. The molecule has 0 aliphatic carbocycles. The Bertz CT molecular complexity index is 317. The van der Waals surface area contributed by atoms with E-state index < -0.39 is 0 Å². The Kier molecular flexibility index (Phi) is 5.22. The first-order chi connectivity index (χ1) is 7.74. The number of nitrogens with zero attached hydrogens (tertiary/aromatic N) is 1. The van der Waals surface area contributed by atoms with Crippen LogP contribution in [0.3, 0.4) is 0 Å². The number of methoxy groups -OCH3 is 1. The summed E-state index contributed by atoms with van der Waals surface area (Å²) in [5.41, 5.74) is 7.71. The highest BCUT2D eigenvalue weighted by atomic mass is 16.5. The predicted molar refractivity (Wildman–Crippen MR) is 66.2 cm³/mol. The highest BCUT2D eigenvalue weighted by molar-refractivity contribution is 5.46. The average Bonchev–Trinajstić information content (AvgIpc) is 2.31. The van der Waals surface area contributed by atoms with Gasteiger partial charge in [0.15, 0.2) is 0 Å². The third-order valence-corrected chi connectivity index (χ3v) is 2.78. The summed E-state index contributed by atoms with van der Waals surface area (Å²) in [7, 11) is 3.65. The van der Waals surface area contributed by atoms with Crippen LogP contribution in [0.25, 0.3) is 0 Å². The van der Waals surface area contributed by atoms with Gasteiger partial charge in [0.05, 0.1) is 12.1 Å². The van der Waals surface area contributed by atoms with Gasteiger partial charge in [-0.1, -0.05) is 13.3 Å². The maximum Gasteiger partial charge on any atom is 0.0767 e. The second kappa shape index (κ2) is 6.45. The van der Waals surface area contributed by atoms with Crippen LogP contribution in [-0.2, 0) is 4.74 Å². The first-order valence-electron chi connectivity index (χ1n) is 5.64. The Hall–Kier alpha value is -1.13. The zero-order valence-electron chi connectivity index (χ0n) is 10.2. The third kappa shape index (κ3) is 2.93. The Morgan fingerprint density at radius 3 is 2.81 bits per heavy atom. The van der Waals surface area contributed by atoms with Gasteiger partial charge in [-0.3, -0.25) is 4.98 Å². The normalized spacial score (nSPS) is 14.7. The monoisotopic (exact) mass is 223 g/mol. The van der Waals surface area contributed by atoms with Crippen LogP contribution in [-0.4, -0.2) is 25.2 Å². The molecule has 1 heterocycles. The van der Waals surface area contributed by atoms with Crippen molar-refractivity contribution < 1.29 is 4.74 Å². The van der Waals surface area contributed by atoms with Crippen LogP contribution < -0.4 is 11.1 Å². The van der Waals surface area contributed by atoms with Crippen molar-refractivity contribution in [1.82, 2.24) is 10.3 Å². The number of ether oxygens (including phenoxy) is 1. The van der Waals surface area contributed by atoms with Crippen molar-refractivity contribution >= 4 is 5.69 Å². The van der Waals surface area contributed by atoms with Crippen molar-refractivity contribution in [3.8, 4) is 0 Å². The fraction of sp³-hybridized carbons (Fsp3) is 0.583. The standard InChI is InChI=1S/C12H21N3O/c1-4-5-11(16-3)12(14-2)9-8-15-7-6-10(9)13/h6-8,11-12,14H,4-5H2,1-3H3,(H2,13,15). The molecular weight excluding hydrogens is 202 g/mol. The van der Waals surface area contributed by atoms with E-state index in [1.807, 2.05) is 13.1 Å². The van der Waals surface area contributed by atoms with E-state index in [-0.39, 0.29) is 12.1 Å². The number of nitrogens with one attached hydrogen (secondary N) is 1. The molecule has 0 bridgehead atoms. The van der Waals surface area contributed by atoms with Gasteiger partial charge in [0.1, 0.15) is 0 Å². The van der Waals surface area contributed by atoms with Crippen LogP contribution in [0.4, 0.5) is 5.69 Å². The number of nitrogens with two attached hydrogens (primary N) is 1. The van der Waals surface area contributed by atoms with Gasteiger partial charge in [0.2, 0.25) is 0 Å². The zero-order chi connectivity index (χ0) is 12.0. The van der Waals surface area contributed by atoms with E-state index in [2.05, 4.69) is 17.2 Å². The van der Waals surface area contributed by atoms with E-state index in [0.29, 0.717) is 0 Å².